The Kier molecular flexibility index (Phi) is 4.15. The summed E-state index contributed by atoms with van der Waals surface area (Å²) in [6, 6.07) is 0.603. The lowest BCUT2D eigenvalue weighted by molar-refractivity contribution is 0.135. The van der Waals surface area contributed by atoms with E-state index in [2.05, 4.69) is 38.3 Å². The molecule has 1 aliphatic heterocycles. The zero-order valence-corrected chi connectivity index (χ0v) is 10.8. The second kappa shape index (κ2) is 4.81. The monoisotopic (exact) mass is 214 g/mol. The van der Waals surface area contributed by atoms with Crippen molar-refractivity contribution in [3.05, 3.63) is 0 Å². The van der Waals surface area contributed by atoms with Gasteiger partial charge in [-0.1, -0.05) is 0 Å². The van der Waals surface area contributed by atoms with E-state index in [0.29, 0.717) is 6.04 Å². The number of ether oxygens (including phenoxy) is 1. The summed E-state index contributed by atoms with van der Waals surface area (Å²) in [4.78, 5) is 0. The molecule has 3 nitrogen and oxygen atoms in total. The normalized spacial score (nSPS) is 25.4. The second-order valence-electron chi connectivity index (χ2n) is 5.94. The van der Waals surface area contributed by atoms with Crippen molar-refractivity contribution in [2.24, 2.45) is 0 Å². The van der Waals surface area contributed by atoms with E-state index in [1.807, 2.05) is 0 Å². The molecule has 0 unspecified atom stereocenters. The standard InChI is InChI=1S/C12H26N2O/c1-11(2)8-10(13-6-7-15-5)9-12(3,4)14-11/h10,13-14H,6-9H2,1-5H3. The molecular weight excluding hydrogens is 188 g/mol. The van der Waals surface area contributed by atoms with Crippen molar-refractivity contribution in [2.45, 2.75) is 57.7 Å². The summed E-state index contributed by atoms with van der Waals surface area (Å²) in [6.45, 7) is 10.9. The lowest BCUT2D eigenvalue weighted by Gasteiger charge is -2.46. The zero-order chi connectivity index (χ0) is 11.5. The van der Waals surface area contributed by atoms with E-state index >= 15 is 0 Å². The SMILES string of the molecule is COCCNC1CC(C)(C)NC(C)(C)C1. The van der Waals surface area contributed by atoms with Crippen LogP contribution in [0.1, 0.15) is 40.5 Å². The average Bonchev–Trinajstić information content (AvgIpc) is 1.98. The fraction of sp³-hybridized carbons (Fsp3) is 1.00. The second-order valence-corrected chi connectivity index (χ2v) is 5.94. The number of methoxy groups -OCH3 is 1. The highest BCUT2D eigenvalue weighted by Crippen LogP contribution is 2.28. The van der Waals surface area contributed by atoms with Gasteiger partial charge in [-0.15, -0.1) is 0 Å². The molecule has 90 valence electrons. The Labute approximate surface area is 94.0 Å². The van der Waals surface area contributed by atoms with Crippen molar-refractivity contribution < 1.29 is 4.74 Å². The molecule has 0 bridgehead atoms. The first-order valence-corrected chi connectivity index (χ1v) is 5.86. The average molecular weight is 214 g/mol. The van der Waals surface area contributed by atoms with Gasteiger partial charge in [-0.05, 0) is 40.5 Å². The Morgan fingerprint density at radius 3 is 2.20 bits per heavy atom. The lowest BCUT2D eigenvalue weighted by Crippen LogP contribution is -2.61. The van der Waals surface area contributed by atoms with Gasteiger partial charge < -0.3 is 15.4 Å². The number of hydrogen-bond donors (Lipinski definition) is 2. The third-order valence-electron chi connectivity index (χ3n) is 2.93. The van der Waals surface area contributed by atoms with Crippen LogP contribution in [-0.4, -0.2) is 37.4 Å². The van der Waals surface area contributed by atoms with E-state index in [4.69, 9.17) is 4.74 Å². The van der Waals surface area contributed by atoms with Crippen LogP contribution < -0.4 is 10.6 Å². The van der Waals surface area contributed by atoms with Gasteiger partial charge in [0.05, 0.1) is 6.61 Å². The highest BCUT2D eigenvalue weighted by Gasteiger charge is 2.37. The smallest absolute Gasteiger partial charge is 0.0587 e. The third-order valence-corrected chi connectivity index (χ3v) is 2.93. The largest absolute Gasteiger partial charge is 0.383 e. The van der Waals surface area contributed by atoms with Crippen LogP contribution in [0.2, 0.25) is 0 Å². The highest BCUT2D eigenvalue weighted by atomic mass is 16.5. The van der Waals surface area contributed by atoms with E-state index in [9.17, 15) is 0 Å². The molecule has 1 aliphatic rings. The summed E-state index contributed by atoms with van der Waals surface area (Å²) in [7, 11) is 1.75. The molecule has 0 radical (unpaired) electrons. The molecule has 0 aromatic heterocycles. The number of piperidine rings is 1. The summed E-state index contributed by atoms with van der Waals surface area (Å²) in [5, 5.41) is 7.25. The summed E-state index contributed by atoms with van der Waals surface area (Å²) < 4.78 is 5.06. The maximum Gasteiger partial charge on any atom is 0.0587 e. The molecule has 1 fully saturated rings. The Hall–Kier alpha value is -0.120. The molecule has 15 heavy (non-hydrogen) atoms. The molecule has 0 aromatic rings. The summed E-state index contributed by atoms with van der Waals surface area (Å²) >= 11 is 0. The van der Waals surface area contributed by atoms with Gasteiger partial charge in [0.1, 0.15) is 0 Å². The van der Waals surface area contributed by atoms with Crippen molar-refractivity contribution in [3.63, 3.8) is 0 Å². The van der Waals surface area contributed by atoms with Gasteiger partial charge >= 0.3 is 0 Å². The van der Waals surface area contributed by atoms with Gasteiger partial charge in [0.2, 0.25) is 0 Å². The Balaban J connectivity index is 2.44. The summed E-state index contributed by atoms with van der Waals surface area (Å²) in [5.74, 6) is 0. The highest BCUT2D eigenvalue weighted by molar-refractivity contribution is 4.99. The van der Waals surface area contributed by atoms with E-state index in [1.54, 1.807) is 7.11 Å². The first kappa shape index (κ1) is 12.9. The number of rotatable bonds is 4. The molecule has 0 aromatic carbocycles. The predicted octanol–water partition coefficient (Wildman–Crippen LogP) is 1.53. The van der Waals surface area contributed by atoms with Crippen LogP contribution >= 0.6 is 0 Å². The third kappa shape index (κ3) is 4.49. The molecule has 2 N–H and O–H groups in total. The lowest BCUT2D eigenvalue weighted by atomic mass is 9.79. The molecule has 0 aliphatic carbocycles. The summed E-state index contributed by atoms with van der Waals surface area (Å²) in [6.07, 6.45) is 2.36. The molecular formula is C12H26N2O. The van der Waals surface area contributed by atoms with Gasteiger partial charge in [-0.2, -0.15) is 0 Å². The van der Waals surface area contributed by atoms with Gasteiger partial charge in [-0.25, -0.2) is 0 Å². The van der Waals surface area contributed by atoms with Crippen molar-refractivity contribution >= 4 is 0 Å². The molecule has 0 spiro atoms. The van der Waals surface area contributed by atoms with Crippen LogP contribution in [0.25, 0.3) is 0 Å². The Bertz CT molecular complexity index is 186. The van der Waals surface area contributed by atoms with Crippen LogP contribution in [0.15, 0.2) is 0 Å². The first-order chi connectivity index (χ1) is 6.85. The predicted molar refractivity (Wildman–Crippen MR) is 64.2 cm³/mol. The molecule has 0 atom stereocenters. The Morgan fingerprint density at radius 2 is 1.73 bits per heavy atom. The van der Waals surface area contributed by atoms with Crippen molar-refractivity contribution in [1.29, 1.82) is 0 Å². The van der Waals surface area contributed by atoms with Crippen molar-refractivity contribution in [2.75, 3.05) is 20.3 Å². The van der Waals surface area contributed by atoms with Gasteiger partial charge in [0.25, 0.3) is 0 Å². The number of hydrogen-bond acceptors (Lipinski definition) is 3. The van der Waals surface area contributed by atoms with E-state index in [-0.39, 0.29) is 11.1 Å². The molecule has 0 amide bonds. The molecule has 0 saturated carbocycles. The maximum absolute atomic E-state index is 5.06. The minimum absolute atomic E-state index is 0.229. The molecule has 3 heteroatoms. The summed E-state index contributed by atoms with van der Waals surface area (Å²) in [5.41, 5.74) is 0.457. The van der Waals surface area contributed by atoms with Crippen LogP contribution in [0.5, 0.6) is 0 Å². The minimum atomic E-state index is 0.229. The van der Waals surface area contributed by atoms with E-state index in [1.165, 1.54) is 12.8 Å². The maximum atomic E-state index is 5.06. The topological polar surface area (TPSA) is 33.3 Å². The number of nitrogens with one attached hydrogen (secondary N) is 2. The first-order valence-electron chi connectivity index (χ1n) is 5.86. The van der Waals surface area contributed by atoms with E-state index in [0.717, 1.165) is 13.2 Å². The van der Waals surface area contributed by atoms with Gasteiger partial charge in [0, 0.05) is 30.8 Å². The van der Waals surface area contributed by atoms with Gasteiger partial charge in [0.15, 0.2) is 0 Å². The minimum Gasteiger partial charge on any atom is -0.383 e. The molecule has 1 heterocycles. The Morgan fingerprint density at radius 1 is 1.20 bits per heavy atom. The van der Waals surface area contributed by atoms with Crippen LogP contribution in [0.3, 0.4) is 0 Å². The fourth-order valence-corrected chi connectivity index (χ4v) is 2.83. The molecule has 1 rings (SSSR count). The molecule has 1 saturated heterocycles. The fourth-order valence-electron chi connectivity index (χ4n) is 2.83. The zero-order valence-electron chi connectivity index (χ0n) is 10.8. The van der Waals surface area contributed by atoms with Crippen molar-refractivity contribution in [3.8, 4) is 0 Å². The van der Waals surface area contributed by atoms with Crippen LogP contribution in [0, 0.1) is 0 Å². The van der Waals surface area contributed by atoms with Crippen LogP contribution in [-0.2, 0) is 4.74 Å². The van der Waals surface area contributed by atoms with Gasteiger partial charge in [-0.3, -0.25) is 0 Å². The quantitative estimate of drug-likeness (QED) is 0.696. The van der Waals surface area contributed by atoms with E-state index < -0.39 is 0 Å². The van der Waals surface area contributed by atoms with Crippen LogP contribution in [0.4, 0.5) is 0 Å². The van der Waals surface area contributed by atoms with Crippen molar-refractivity contribution in [1.82, 2.24) is 10.6 Å².